The molecule has 1 heterocycles. The minimum Gasteiger partial charge on any atom is -0.383 e. The van der Waals surface area contributed by atoms with E-state index in [0.717, 1.165) is 10.6 Å². The topological polar surface area (TPSA) is 43.6 Å². The lowest BCUT2D eigenvalue weighted by Crippen LogP contribution is -2.21. The highest BCUT2D eigenvalue weighted by Gasteiger charge is 2.16. The number of carbonyl (C=O) groups is 1. The van der Waals surface area contributed by atoms with Gasteiger partial charge in [0.15, 0.2) is 4.80 Å². The van der Waals surface area contributed by atoms with Crippen LogP contribution < -0.4 is 4.80 Å². The summed E-state index contributed by atoms with van der Waals surface area (Å²) >= 11 is 7.29. The molecule has 0 aliphatic rings. The molecule has 0 fully saturated rings. The number of halogens is 2. The van der Waals surface area contributed by atoms with Crippen LogP contribution in [0.2, 0.25) is 5.02 Å². The molecule has 0 aliphatic heterocycles. The minimum atomic E-state index is -0.685. The number of hydrogen-bond donors (Lipinski definition) is 0. The van der Waals surface area contributed by atoms with Crippen LogP contribution in [-0.4, -0.2) is 24.2 Å². The molecule has 1 aromatic carbocycles. The van der Waals surface area contributed by atoms with Crippen molar-refractivity contribution in [1.82, 2.24) is 4.57 Å². The van der Waals surface area contributed by atoms with Crippen LogP contribution in [-0.2, 0) is 11.3 Å². The fraction of sp³-hybridized carbons (Fsp3) is 0.333. The SMILES string of the molecule is COCCn1c(C)c(C)s/c1=N\C(=O)c1c(F)cccc1Cl. The van der Waals surface area contributed by atoms with Crippen molar-refractivity contribution in [2.45, 2.75) is 20.4 Å². The Morgan fingerprint density at radius 2 is 2.18 bits per heavy atom. The summed E-state index contributed by atoms with van der Waals surface area (Å²) in [5.74, 6) is -1.36. The summed E-state index contributed by atoms with van der Waals surface area (Å²) in [5.41, 5.74) is 0.805. The number of carbonyl (C=O) groups excluding carboxylic acids is 1. The largest absolute Gasteiger partial charge is 0.383 e. The summed E-state index contributed by atoms with van der Waals surface area (Å²) in [6.07, 6.45) is 0. The maximum absolute atomic E-state index is 13.8. The van der Waals surface area contributed by atoms with E-state index in [0.29, 0.717) is 18.0 Å². The summed E-state index contributed by atoms with van der Waals surface area (Å²) in [6, 6.07) is 4.11. The van der Waals surface area contributed by atoms with Crippen LogP contribution in [0.5, 0.6) is 0 Å². The third-order valence-corrected chi connectivity index (χ3v) is 4.69. The van der Waals surface area contributed by atoms with Crippen molar-refractivity contribution in [3.8, 4) is 0 Å². The van der Waals surface area contributed by atoms with E-state index in [9.17, 15) is 9.18 Å². The first-order chi connectivity index (χ1) is 10.5. The minimum absolute atomic E-state index is 0.0576. The maximum atomic E-state index is 13.8. The number of benzene rings is 1. The Morgan fingerprint density at radius 3 is 2.82 bits per heavy atom. The predicted octanol–water partition coefficient (Wildman–Crippen LogP) is 3.35. The van der Waals surface area contributed by atoms with Gasteiger partial charge in [0.05, 0.1) is 17.2 Å². The summed E-state index contributed by atoms with van der Waals surface area (Å²) in [7, 11) is 1.61. The molecular weight excluding hydrogens is 327 g/mol. The first kappa shape index (κ1) is 16.9. The molecule has 0 atom stereocenters. The van der Waals surface area contributed by atoms with Crippen molar-refractivity contribution in [3.05, 3.63) is 50.0 Å². The molecule has 2 aromatic rings. The second-order valence-corrected chi connectivity index (χ2v) is 6.27. The molecule has 0 saturated carbocycles. The molecule has 118 valence electrons. The van der Waals surface area contributed by atoms with E-state index in [1.807, 2.05) is 18.4 Å². The van der Waals surface area contributed by atoms with Crippen LogP contribution in [0, 0.1) is 19.7 Å². The van der Waals surface area contributed by atoms with Gasteiger partial charge in [-0.05, 0) is 26.0 Å². The van der Waals surface area contributed by atoms with E-state index in [2.05, 4.69) is 4.99 Å². The van der Waals surface area contributed by atoms with E-state index in [1.165, 1.54) is 29.5 Å². The van der Waals surface area contributed by atoms with Gasteiger partial charge in [-0.3, -0.25) is 4.79 Å². The Hall–Kier alpha value is -1.50. The Kier molecular flexibility index (Phi) is 5.50. The van der Waals surface area contributed by atoms with Gasteiger partial charge in [-0.15, -0.1) is 11.3 Å². The summed E-state index contributed by atoms with van der Waals surface area (Å²) in [5, 5.41) is 0.0576. The van der Waals surface area contributed by atoms with Crippen molar-refractivity contribution in [1.29, 1.82) is 0 Å². The quantitative estimate of drug-likeness (QED) is 0.855. The monoisotopic (exact) mass is 342 g/mol. The fourth-order valence-electron chi connectivity index (χ4n) is 1.97. The molecule has 0 bridgehead atoms. The zero-order valence-corrected chi connectivity index (χ0v) is 14.1. The van der Waals surface area contributed by atoms with E-state index < -0.39 is 11.7 Å². The normalized spacial score (nSPS) is 12.0. The Labute approximate surface area is 136 Å². The third kappa shape index (κ3) is 3.45. The Balaban J connectivity index is 2.49. The van der Waals surface area contributed by atoms with Crippen molar-refractivity contribution in [3.63, 3.8) is 0 Å². The first-order valence-electron chi connectivity index (χ1n) is 6.64. The highest BCUT2D eigenvalue weighted by molar-refractivity contribution is 7.09. The summed E-state index contributed by atoms with van der Waals surface area (Å²) in [4.78, 5) is 17.9. The smallest absolute Gasteiger partial charge is 0.284 e. The van der Waals surface area contributed by atoms with Gasteiger partial charge < -0.3 is 9.30 Å². The van der Waals surface area contributed by atoms with Crippen LogP contribution in [0.4, 0.5) is 4.39 Å². The van der Waals surface area contributed by atoms with Crippen molar-refractivity contribution >= 4 is 28.8 Å². The van der Waals surface area contributed by atoms with Gasteiger partial charge >= 0.3 is 0 Å². The van der Waals surface area contributed by atoms with Crippen molar-refractivity contribution < 1.29 is 13.9 Å². The lowest BCUT2D eigenvalue weighted by atomic mass is 10.2. The molecule has 0 radical (unpaired) electrons. The predicted molar refractivity (Wildman–Crippen MR) is 85.0 cm³/mol. The van der Waals surface area contributed by atoms with Crippen LogP contribution in [0.25, 0.3) is 0 Å². The van der Waals surface area contributed by atoms with E-state index in [4.69, 9.17) is 16.3 Å². The van der Waals surface area contributed by atoms with Gasteiger partial charge in [0.1, 0.15) is 5.82 Å². The number of methoxy groups -OCH3 is 1. The molecule has 4 nitrogen and oxygen atoms in total. The molecule has 0 spiro atoms. The summed E-state index contributed by atoms with van der Waals surface area (Å²) < 4.78 is 20.8. The number of aryl methyl sites for hydroxylation is 1. The van der Waals surface area contributed by atoms with Gasteiger partial charge in [0.2, 0.25) is 0 Å². The van der Waals surface area contributed by atoms with Crippen LogP contribution in [0.3, 0.4) is 0 Å². The Bertz CT molecular complexity index is 747. The zero-order chi connectivity index (χ0) is 16.3. The van der Waals surface area contributed by atoms with Gasteiger partial charge in [-0.25, -0.2) is 4.39 Å². The average Bonchev–Trinajstić information content (AvgIpc) is 2.71. The van der Waals surface area contributed by atoms with Crippen LogP contribution in [0.15, 0.2) is 23.2 Å². The van der Waals surface area contributed by atoms with Gasteiger partial charge in [-0.1, -0.05) is 17.7 Å². The number of nitrogens with zero attached hydrogens (tertiary/aromatic N) is 2. The number of ether oxygens (including phenoxy) is 1. The van der Waals surface area contributed by atoms with Crippen LogP contribution in [0.1, 0.15) is 20.9 Å². The zero-order valence-electron chi connectivity index (χ0n) is 12.5. The molecule has 0 aliphatic carbocycles. The molecule has 7 heteroatoms. The second kappa shape index (κ2) is 7.17. The van der Waals surface area contributed by atoms with E-state index in [-0.39, 0.29) is 10.6 Å². The second-order valence-electron chi connectivity index (χ2n) is 4.68. The number of aromatic nitrogens is 1. The molecule has 22 heavy (non-hydrogen) atoms. The number of hydrogen-bond acceptors (Lipinski definition) is 3. The molecular formula is C15H16ClFN2O2S. The highest BCUT2D eigenvalue weighted by Crippen LogP contribution is 2.20. The average molecular weight is 343 g/mol. The molecule has 0 unspecified atom stereocenters. The Morgan fingerprint density at radius 1 is 1.45 bits per heavy atom. The fourth-order valence-corrected chi connectivity index (χ4v) is 3.22. The third-order valence-electron chi connectivity index (χ3n) is 3.28. The number of rotatable bonds is 4. The highest BCUT2D eigenvalue weighted by atomic mass is 35.5. The van der Waals surface area contributed by atoms with E-state index >= 15 is 0 Å². The van der Waals surface area contributed by atoms with Gasteiger partial charge in [-0.2, -0.15) is 4.99 Å². The lowest BCUT2D eigenvalue weighted by Gasteiger charge is -2.05. The number of amides is 1. The molecule has 0 saturated heterocycles. The standard InChI is InChI=1S/C15H16ClFN2O2S/c1-9-10(2)22-15(19(9)7-8-21-3)18-14(20)13-11(16)5-4-6-12(13)17/h4-6H,7-8H2,1-3H3/b18-15-. The van der Waals surface area contributed by atoms with Crippen molar-refractivity contribution in [2.24, 2.45) is 4.99 Å². The molecule has 1 aromatic heterocycles. The van der Waals surface area contributed by atoms with Crippen molar-refractivity contribution in [2.75, 3.05) is 13.7 Å². The molecule has 1 amide bonds. The lowest BCUT2D eigenvalue weighted by molar-refractivity contribution is 0.0993. The number of thiazole rings is 1. The molecule has 2 rings (SSSR count). The molecule has 0 N–H and O–H groups in total. The van der Waals surface area contributed by atoms with Crippen LogP contribution >= 0.6 is 22.9 Å². The van der Waals surface area contributed by atoms with E-state index in [1.54, 1.807) is 7.11 Å². The van der Waals surface area contributed by atoms with Gasteiger partial charge in [0.25, 0.3) is 5.91 Å². The first-order valence-corrected chi connectivity index (χ1v) is 7.84. The summed E-state index contributed by atoms with van der Waals surface area (Å²) in [6.45, 7) is 4.96. The maximum Gasteiger partial charge on any atom is 0.284 e. The van der Waals surface area contributed by atoms with Gasteiger partial charge in [0, 0.05) is 24.2 Å².